The van der Waals surface area contributed by atoms with Gasteiger partial charge in [0.25, 0.3) is 0 Å². The molecule has 1 aromatic heterocycles. The van der Waals surface area contributed by atoms with Gasteiger partial charge in [-0.2, -0.15) is 0 Å². The molecule has 0 saturated carbocycles. The summed E-state index contributed by atoms with van der Waals surface area (Å²) in [5.74, 6) is 0. The summed E-state index contributed by atoms with van der Waals surface area (Å²) < 4.78 is 20.4. The zero-order valence-corrected chi connectivity index (χ0v) is 12.7. The van der Waals surface area contributed by atoms with Crippen LogP contribution in [0.15, 0.2) is 22.9 Å². The molecule has 2 heterocycles. The van der Waals surface area contributed by atoms with Crippen molar-refractivity contribution in [2.45, 2.75) is 32.0 Å². The highest BCUT2D eigenvalue weighted by atomic mass is 79.9. The van der Waals surface area contributed by atoms with Gasteiger partial charge in [-0.25, -0.2) is 9.18 Å². The van der Waals surface area contributed by atoms with Crippen molar-refractivity contribution in [3.63, 3.8) is 0 Å². The molecule has 104 valence electrons. The molecule has 0 aromatic carbocycles. The first-order valence-electron chi connectivity index (χ1n) is 5.98. The molecule has 6 heteroatoms. The van der Waals surface area contributed by atoms with Gasteiger partial charge < -0.3 is 9.64 Å². The molecule has 1 saturated heterocycles. The van der Waals surface area contributed by atoms with Gasteiger partial charge >= 0.3 is 6.09 Å². The normalized spacial score (nSPS) is 17.8. The van der Waals surface area contributed by atoms with Crippen LogP contribution in [-0.2, 0) is 10.4 Å². The third-order valence-electron chi connectivity index (χ3n) is 2.79. The Hall–Kier alpha value is -1.17. The SMILES string of the molecule is CC(C)(C)OC(=O)N1CC(F)(c2ccncc2Br)C1. The lowest BCUT2D eigenvalue weighted by atomic mass is 9.89. The summed E-state index contributed by atoms with van der Waals surface area (Å²) in [5.41, 5.74) is -1.58. The Morgan fingerprint density at radius 2 is 2.16 bits per heavy atom. The van der Waals surface area contributed by atoms with E-state index in [1.54, 1.807) is 33.0 Å². The summed E-state index contributed by atoms with van der Waals surface area (Å²) in [5, 5.41) is 0. The van der Waals surface area contributed by atoms with Crippen LogP contribution in [0.3, 0.4) is 0 Å². The van der Waals surface area contributed by atoms with Crippen molar-refractivity contribution < 1.29 is 13.9 Å². The van der Waals surface area contributed by atoms with Crippen LogP contribution in [0.2, 0.25) is 0 Å². The highest BCUT2D eigenvalue weighted by molar-refractivity contribution is 9.10. The number of rotatable bonds is 1. The van der Waals surface area contributed by atoms with Crippen LogP contribution in [0.5, 0.6) is 0 Å². The van der Waals surface area contributed by atoms with E-state index in [-0.39, 0.29) is 13.1 Å². The molecule has 4 nitrogen and oxygen atoms in total. The lowest BCUT2D eigenvalue weighted by molar-refractivity contribution is -0.0541. The molecular formula is C13H16BrFN2O2. The fourth-order valence-corrected chi connectivity index (χ4v) is 2.53. The van der Waals surface area contributed by atoms with Gasteiger partial charge in [-0.1, -0.05) is 0 Å². The molecule has 0 unspecified atom stereocenters. The van der Waals surface area contributed by atoms with Crippen molar-refractivity contribution in [2.75, 3.05) is 13.1 Å². The van der Waals surface area contributed by atoms with Crippen LogP contribution < -0.4 is 0 Å². The minimum Gasteiger partial charge on any atom is -0.444 e. The molecule has 2 rings (SSSR count). The van der Waals surface area contributed by atoms with E-state index in [0.717, 1.165) is 0 Å². The van der Waals surface area contributed by atoms with E-state index in [2.05, 4.69) is 20.9 Å². The van der Waals surface area contributed by atoms with E-state index in [1.165, 1.54) is 11.1 Å². The molecule has 0 spiro atoms. The average Bonchev–Trinajstić information content (AvgIpc) is 2.23. The number of pyridine rings is 1. The topological polar surface area (TPSA) is 42.4 Å². The smallest absolute Gasteiger partial charge is 0.410 e. The van der Waals surface area contributed by atoms with Gasteiger partial charge in [0.15, 0.2) is 5.67 Å². The summed E-state index contributed by atoms with van der Waals surface area (Å²) >= 11 is 3.28. The number of hydrogen-bond acceptors (Lipinski definition) is 3. The zero-order valence-electron chi connectivity index (χ0n) is 11.1. The number of hydrogen-bond donors (Lipinski definition) is 0. The highest BCUT2D eigenvalue weighted by Crippen LogP contribution is 2.39. The fourth-order valence-electron chi connectivity index (χ4n) is 1.92. The lowest BCUT2D eigenvalue weighted by Crippen LogP contribution is -2.59. The van der Waals surface area contributed by atoms with Crippen molar-refractivity contribution >= 4 is 22.0 Å². The Balaban J connectivity index is 2.02. The highest BCUT2D eigenvalue weighted by Gasteiger charge is 2.49. The number of likely N-dealkylation sites (tertiary alicyclic amines) is 1. The maximum atomic E-state index is 14.6. The molecule has 0 aliphatic carbocycles. The third-order valence-corrected chi connectivity index (χ3v) is 3.42. The molecule has 1 aliphatic rings. The van der Waals surface area contributed by atoms with Gasteiger partial charge in [0.2, 0.25) is 0 Å². The van der Waals surface area contributed by atoms with E-state index >= 15 is 0 Å². The van der Waals surface area contributed by atoms with Crippen LogP contribution in [-0.4, -0.2) is 34.7 Å². The number of carbonyl (C=O) groups excluding carboxylic acids is 1. The molecule has 1 amide bonds. The summed E-state index contributed by atoms with van der Waals surface area (Å²) in [6.07, 6.45) is 2.61. The Morgan fingerprint density at radius 1 is 1.53 bits per heavy atom. The summed E-state index contributed by atoms with van der Waals surface area (Å²) in [4.78, 5) is 17.0. The van der Waals surface area contributed by atoms with Gasteiger partial charge in [-0.3, -0.25) is 4.98 Å². The molecule has 0 atom stereocenters. The third kappa shape index (κ3) is 3.05. The molecule has 0 bridgehead atoms. The summed E-state index contributed by atoms with van der Waals surface area (Å²) in [6, 6.07) is 1.62. The number of alkyl halides is 1. The second kappa shape index (κ2) is 4.74. The number of aromatic nitrogens is 1. The molecular weight excluding hydrogens is 315 g/mol. The van der Waals surface area contributed by atoms with Crippen LogP contribution in [0.4, 0.5) is 9.18 Å². The largest absolute Gasteiger partial charge is 0.444 e. The van der Waals surface area contributed by atoms with Gasteiger partial charge in [-0.15, -0.1) is 0 Å². The van der Waals surface area contributed by atoms with Crippen molar-refractivity contribution in [3.05, 3.63) is 28.5 Å². The summed E-state index contributed by atoms with van der Waals surface area (Å²) in [6.45, 7) is 5.36. The van der Waals surface area contributed by atoms with Crippen LogP contribution in [0.25, 0.3) is 0 Å². The number of nitrogens with zero attached hydrogens (tertiary/aromatic N) is 2. The maximum absolute atomic E-state index is 14.6. The molecule has 1 fully saturated rings. The fraction of sp³-hybridized carbons (Fsp3) is 0.538. The van der Waals surface area contributed by atoms with Crippen LogP contribution >= 0.6 is 15.9 Å². The molecule has 1 aliphatic heterocycles. The molecule has 1 aromatic rings. The van der Waals surface area contributed by atoms with Gasteiger partial charge in [0.05, 0.1) is 13.1 Å². The zero-order chi connectivity index (χ0) is 14.3. The Bertz CT molecular complexity index is 496. The predicted octanol–water partition coefficient (Wildman–Crippen LogP) is 3.26. The maximum Gasteiger partial charge on any atom is 0.410 e. The van der Waals surface area contributed by atoms with Crippen LogP contribution in [0.1, 0.15) is 26.3 Å². The van der Waals surface area contributed by atoms with Crippen molar-refractivity contribution in [1.82, 2.24) is 9.88 Å². The van der Waals surface area contributed by atoms with E-state index in [4.69, 9.17) is 4.74 Å². The Kier molecular flexibility index (Phi) is 3.55. The first-order chi connectivity index (χ1) is 8.71. The number of amides is 1. The van der Waals surface area contributed by atoms with Crippen molar-refractivity contribution in [2.24, 2.45) is 0 Å². The Labute approximate surface area is 120 Å². The average molecular weight is 331 g/mol. The summed E-state index contributed by atoms with van der Waals surface area (Å²) in [7, 11) is 0. The quantitative estimate of drug-likeness (QED) is 0.793. The minimum atomic E-state index is -1.53. The van der Waals surface area contributed by atoms with Crippen molar-refractivity contribution in [3.8, 4) is 0 Å². The monoisotopic (exact) mass is 330 g/mol. The number of carbonyl (C=O) groups is 1. The number of ether oxygens (including phenoxy) is 1. The van der Waals surface area contributed by atoms with E-state index in [0.29, 0.717) is 10.0 Å². The molecule has 0 radical (unpaired) electrons. The second-order valence-electron chi connectivity index (χ2n) is 5.66. The standard InChI is InChI=1S/C13H16BrFN2O2/c1-12(2,3)19-11(18)17-7-13(15,8-17)9-4-5-16-6-10(9)14/h4-6H,7-8H2,1-3H3. The predicted molar refractivity (Wildman–Crippen MR) is 72.5 cm³/mol. The van der Waals surface area contributed by atoms with Gasteiger partial charge in [0, 0.05) is 22.4 Å². The number of halogens is 2. The molecule has 19 heavy (non-hydrogen) atoms. The van der Waals surface area contributed by atoms with Crippen molar-refractivity contribution in [1.29, 1.82) is 0 Å². The molecule has 0 N–H and O–H groups in total. The van der Waals surface area contributed by atoms with E-state index in [1.807, 2.05) is 0 Å². The second-order valence-corrected chi connectivity index (χ2v) is 6.51. The van der Waals surface area contributed by atoms with Gasteiger partial charge in [0.1, 0.15) is 5.60 Å². The lowest BCUT2D eigenvalue weighted by Gasteiger charge is -2.44. The van der Waals surface area contributed by atoms with Crippen LogP contribution in [0, 0.1) is 0 Å². The Morgan fingerprint density at radius 3 is 2.68 bits per heavy atom. The van der Waals surface area contributed by atoms with E-state index < -0.39 is 17.4 Å². The minimum absolute atomic E-state index is 0.00449. The first-order valence-corrected chi connectivity index (χ1v) is 6.77. The van der Waals surface area contributed by atoms with E-state index in [9.17, 15) is 9.18 Å². The van der Waals surface area contributed by atoms with Gasteiger partial charge in [-0.05, 0) is 42.8 Å². The first kappa shape index (κ1) is 14.2.